The predicted octanol–water partition coefficient (Wildman–Crippen LogP) is 3.66. The summed E-state index contributed by atoms with van der Waals surface area (Å²) in [6.07, 6.45) is 3.39. The molecule has 0 aliphatic carbocycles. The van der Waals surface area contributed by atoms with Crippen molar-refractivity contribution in [3.63, 3.8) is 0 Å². The molecule has 2 heterocycles. The highest BCUT2D eigenvalue weighted by atomic mass is 19.1. The normalized spacial score (nSPS) is 17.7. The molecule has 1 amide bonds. The predicted molar refractivity (Wildman–Crippen MR) is 100 cm³/mol. The number of piperidine rings is 1. The zero-order valence-corrected chi connectivity index (χ0v) is 14.4. The van der Waals surface area contributed by atoms with Crippen LogP contribution >= 0.6 is 0 Å². The number of pyridine rings is 1. The second-order valence-corrected chi connectivity index (χ2v) is 6.55. The van der Waals surface area contributed by atoms with Gasteiger partial charge in [0.15, 0.2) is 0 Å². The minimum atomic E-state index is -0.358. The highest BCUT2D eigenvalue weighted by Crippen LogP contribution is 2.24. The lowest BCUT2D eigenvalue weighted by Gasteiger charge is -2.33. The first-order valence-corrected chi connectivity index (χ1v) is 8.85. The molecule has 1 aliphatic rings. The van der Waals surface area contributed by atoms with Gasteiger partial charge in [0.25, 0.3) is 0 Å². The van der Waals surface area contributed by atoms with Crippen molar-refractivity contribution in [3.05, 3.63) is 72.2 Å². The van der Waals surface area contributed by atoms with Crippen LogP contribution in [0.3, 0.4) is 0 Å². The third kappa shape index (κ3) is 3.30. The number of carbonyl (C=O) groups is 1. The van der Waals surface area contributed by atoms with E-state index in [1.54, 1.807) is 29.3 Å². The number of nitrogens with one attached hydrogen (secondary N) is 1. The SMILES string of the molecule is O=C1[C@H](NCc2ccc3ncccc3c2)CCCN1c1ccccc1F. The Morgan fingerprint density at radius 3 is 2.92 bits per heavy atom. The highest BCUT2D eigenvalue weighted by Gasteiger charge is 2.30. The van der Waals surface area contributed by atoms with Gasteiger partial charge in [0.2, 0.25) is 5.91 Å². The number of amides is 1. The van der Waals surface area contributed by atoms with Crippen LogP contribution in [0, 0.1) is 5.82 Å². The van der Waals surface area contributed by atoms with Crippen molar-refractivity contribution in [3.8, 4) is 0 Å². The van der Waals surface area contributed by atoms with Gasteiger partial charge in [-0.1, -0.05) is 24.3 Å². The number of rotatable bonds is 4. The lowest BCUT2D eigenvalue weighted by molar-refractivity contribution is -0.121. The van der Waals surface area contributed by atoms with E-state index in [9.17, 15) is 9.18 Å². The van der Waals surface area contributed by atoms with Crippen molar-refractivity contribution in [2.75, 3.05) is 11.4 Å². The fourth-order valence-electron chi connectivity index (χ4n) is 3.45. The summed E-state index contributed by atoms with van der Waals surface area (Å²) >= 11 is 0. The Morgan fingerprint density at radius 1 is 1.15 bits per heavy atom. The molecule has 0 bridgehead atoms. The molecule has 4 rings (SSSR count). The number of fused-ring (bicyclic) bond motifs is 1. The molecule has 0 spiro atoms. The van der Waals surface area contributed by atoms with E-state index < -0.39 is 0 Å². The van der Waals surface area contributed by atoms with Crippen LogP contribution in [0.4, 0.5) is 10.1 Å². The van der Waals surface area contributed by atoms with E-state index >= 15 is 0 Å². The van der Waals surface area contributed by atoms with Crippen LogP contribution in [0.2, 0.25) is 0 Å². The lowest BCUT2D eigenvalue weighted by atomic mass is 10.0. The Labute approximate surface area is 151 Å². The molecular weight excluding hydrogens is 329 g/mol. The average Bonchev–Trinajstić information content (AvgIpc) is 2.68. The van der Waals surface area contributed by atoms with E-state index in [2.05, 4.69) is 16.4 Å². The van der Waals surface area contributed by atoms with Crippen LogP contribution in [-0.2, 0) is 11.3 Å². The maximum absolute atomic E-state index is 14.1. The van der Waals surface area contributed by atoms with Crippen molar-refractivity contribution in [2.24, 2.45) is 0 Å². The van der Waals surface area contributed by atoms with Crippen molar-refractivity contribution in [1.29, 1.82) is 0 Å². The summed E-state index contributed by atoms with van der Waals surface area (Å²) in [6.45, 7) is 1.14. The zero-order valence-electron chi connectivity index (χ0n) is 14.4. The van der Waals surface area contributed by atoms with Gasteiger partial charge >= 0.3 is 0 Å². The van der Waals surface area contributed by atoms with E-state index in [1.165, 1.54) is 6.07 Å². The molecule has 5 heteroatoms. The number of para-hydroxylation sites is 1. The summed E-state index contributed by atoms with van der Waals surface area (Å²) in [4.78, 5) is 18.7. The topological polar surface area (TPSA) is 45.2 Å². The van der Waals surface area contributed by atoms with E-state index in [0.717, 1.165) is 29.3 Å². The number of benzene rings is 2. The largest absolute Gasteiger partial charge is 0.308 e. The maximum atomic E-state index is 14.1. The molecule has 1 saturated heterocycles. The molecule has 1 fully saturated rings. The second kappa shape index (κ2) is 7.22. The lowest BCUT2D eigenvalue weighted by Crippen LogP contribution is -2.50. The van der Waals surface area contributed by atoms with Gasteiger partial charge < -0.3 is 10.2 Å². The van der Waals surface area contributed by atoms with E-state index in [1.807, 2.05) is 24.3 Å². The van der Waals surface area contributed by atoms with Crippen LogP contribution in [0.5, 0.6) is 0 Å². The molecule has 26 heavy (non-hydrogen) atoms. The van der Waals surface area contributed by atoms with Crippen molar-refractivity contribution in [2.45, 2.75) is 25.4 Å². The Kier molecular flexibility index (Phi) is 4.63. The molecule has 2 aromatic carbocycles. The summed E-state index contributed by atoms with van der Waals surface area (Å²) in [5, 5.41) is 4.42. The summed E-state index contributed by atoms with van der Waals surface area (Å²) in [5.74, 6) is -0.424. The summed E-state index contributed by atoms with van der Waals surface area (Å²) < 4.78 is 14.1. The Morgan fingerprint density at radius 2 is 2.04 bits per heavy atom. The molecule has 1 aliphatic heterocycles. The first kappa shape index (κ1) is 16.7. The molecule has 1 aromatic heterocycles. The summed E-state index contributed by atoms with van der Waals surface area (Å²) in [5.41, 5.74) is 2.41. The summed E-state index contributed by atoms with van der Waals surface area (Å²) in [6, 6.07) is 16.2. The monoisotopic (exact) mass is 349 g/mol. The van der Waals surface area contributed by atoms with Gasteiger partial charge in [-0.3, -0.25) is 9.78 Å². The van der Waals surface area contributed by atoms with Crippen LogP contribution < -0.4 is 10.2 Å². The number of anilines is 1. The van der Waals surface area contributed by atoms with E-state index in [0.29, 0.717) is 18.8 Å². The van der Waals surface area contributed by atoms with Gasteiger partial charge in [0, 0.05) is 24.7 Å². The Hall–Kier alpha value is -2.79. The third-order valence-corrected chi connectivity index (χ3v) is 4.80. The third-order valence-electron chi connectivity index (χ3n) is 4.80. The highest BCUT2D eigenvalue weighted by molar-refractivity contribution is 5.98. The molecule has 1 N–H and O–H groups in total. The molecule has 0 radical (unpaired) electrons. The first-order valence-electron chi connectivity index (χ1n) is 8.85. The molecule has 132 valence electrons. The molecule has 1 atom stereocenters. The zero-order chi connectivity index (χ0) is 17.9. The molecule has 4 nitrogen and oxygen atoms in total. The molecule has 3 aromatic rings. The standard InChI is InChI=1S/C21H20FN3O/c22-17-6-1-2-8-20(17)25-12-4-7-19(21(25)26)24-14-15-9-10-18-16(13-15)5-3-11-23-18/h1-3,5-6,8-11,13,19,24H,4,7,12,14H2/t19-/m1/s1. The van der Waals surface area contributed by atoms with Crippen molar-refractivity contribution < 1.29 is 9.18 Å². The van der Waals surface area contributed by atoms with Gasteiger partial charge in [0.05, 0.1) is 17.2 Å². The number of halogens is 1. The minimum Gasteiger partial charge on any atom is -0.308 e. The molecule has 0 unspecified atom stereocenters. The quantitative estimate of drug-likeness (QED) is 0.782. The van der Waals surface area contributed by atoms with Gasteiger partial charge in [-0.15, -0.1) is 0 Å². The number of nitrogens with zero attached hydrogens (tertiary/aromatic N) is 2. The average molecular weight is 349 g/mol. The Balaban J connectivity index is 1.47. The smallest absolute Gasteiger partial charge is 0.244 e. The van der Waals surface area contributed by atoms with E-state index in [-0.39, 0.29) is 17.8 Å². The van der Waals surface area contributed by atoms with Gasteiger partial charge in [-0.2, -0.15) is 0 Å². The van der Waals surface area contributed by atoms with Gasteiger partial charge in [-0.05, 0) is 48.7 Å². The first-order chi connectivity index (χ1) is 12.7. The fourth-order valence-corrected chi connectivity index (χ4v) is 3.45. The summed E-state index contributed by atoms with van der Waals surface area (Å²) in [7, 11) is 0. The number of aromatic nitrogens is 1. The number of carbonyl (C=O) groups excluding carboxylic acids is 1. The van der Waals surface area contributed by atoms with E-state index in [4.69, 9.17) is 0 Å². The Bertz CT molecular complexity index is 943. The van der Waals surface area contributed by atoms with Gasteiger partial charge in [-0.25, -0.2) is 4.39 Å². The van der Waals surface area contributed by atoms with Crippen molar-refractivity contribution >= 4 is 22.5 Å². The maximum Gasteiger partial charge on any atom is 0.244 e. The fraction of sp³-hybridized carbons (Fsp3) is 0.238. The van der Waals surface area contributed by atoms with Crippen molar-refractivity contribution in [1.82, 2.24) is 10.3 Å². The number of hydrogen-bond donors (Lipinski definition) is 1. The van der Waals surface area contributed by atoms with Crippen LogP contribution in [0.25, 0.3) is 10.9 Å². The van der Waals surface area contributed by atoms with Crippen LogP contribution in [0.1, 0.15) is 18.4 Å². The molecule has 0 saturated carbocycles. The second-order valence-electron chi connectivity index (χ2n) is 6.55. The minimum absolute atomic E-state index is 0.0659. The number of hydrogen-bond acceptors (Lipinski definition) is 3. The van der Waals surface area contributed by atoms with Gasteiger partial charge in [0.1, 0.15) is 5.82 Å². The van der Waals surface area contributed by atoms with Crippen LogP contribution in [-0.4, -0.2) is 23.5 Å². The van der Waals surface area contributed by atoms with Crippen LogP contribution in [0.15, 0.2) is 60.8 Å². The molecular formula is C21H20FN3O.